The van der Waals surface area contributed by atoms with Crippen LogP contribution in [0.1, 0.15) is 19.4 Å². The highest BCUT2D eigenvalue weighted by atomic mass is 16.5. The molecule has 2 amide bonds. The number of carbonyl (C=O) groups is 1. The van der Waals surface area contributed by atoms with Crippen LogP contribution in [0.15, 0.2) is 24.3 Å². The highest BCUT2D eigenvalue weighted by Crippen LogP contribution is 2.09. The average Bonchev–Trinajstić information content (AvgIpc) is 2.39. The summed E-state index contributed by atoms with van der Waals surface area (Å²) in [6, 6.07) is 7.23. The Morgan fingerprint density at radius 2 is 1.95 bits per heavy atom. The Morgan fingerprint density at radius 3 is 2.42 bits per heavy atom. The van der Waals surface area contributed by atoms with E-state index in [4.69, 9.17) is 10.5 Å². The highest BCUT2D eigenvalue weighted by molar-refractivity contribution is 5.89. The van der Waals surface area contributed by atoms with Gasteiger partial charge in [0.15, 0.2) is 0 Å². The zero-order valence-corrected chi connectivity index (χ0v) is 11.8. The standard InChI is InChI=1S/C14H23N3O2/c1-10(2)13(9-19-3)17-14(18)16-12-6-4-11(8-15)5-7-12/h4-7,10,13H,8-9,15H2,1-3H3,(H2,16,17,18). The van der Waals surface area contributed by atoms with Crippen molar-refractivity contribution in [3.05, 3.63) is 29.8 Å². The molecule has 5 nitrogen and oxygen atoms in total. The number of amides is 2. The molecule has 0 saturated heterocycles. The Bertz CT molecular complexity index is 390. The van der Waals surface area contributed by atoms with Gasteiger partial charge in [0, 0.05) is 19.3 Å². The number of hydrogen-bond donors (Lipinski definition) is 3. The Hall–Kier alpha value is -1.59. The van der Waals surface area contributed by atoms with Crippen molar-refractivity contribution in [2.75, 3.05) is 19.0 Å². The molecular formula is C14H23N3O2. The SMILES string of the molecule is COCC(NC(=O)Nc1ccc(CN)cc1)C(C)C. The van der Waals surface area contributed by atoms with Crippen molar-refractivity contribution in [1.29, 1.82) is 0 Å². The minimum absolute atomic E-state index is 0.00619. The summed E-state index contributed by atoms with van der Waals surface area (Å²) in [7, 11) is 1.63. The lowest BCUT2D eigenvalue weighted by molar-refractivity contribution is 0.150. The van der Waals surface area contributed by atoms with E-state index >= 15 is 0 Å². The maximum absolute atomic E-state index is 11.9. The first-order chi connectivity index (χ1) is 9.06. The van der Waals surface area contributed by atoms with Crippen LogP contribution in [-0.2, 0) is 11.3 Å². The molecule has 0 aliphatic carbocycles. The summed E-state index contributed by atoms with van der Waals surface area (Å²) in [5.41, 5.74) is 7.30. The van der Waals surface area contributed by atoms with Crippen LogP contribution in [0.25, 0.3) is 0 Å². The van der Waals surface area contributed by atoms with Crippen molar-refractivity contribution in [1.82, 2.24) is 5.32 Å². The Labute approximate surface area is 114 Å². The minimum Gasteiger partial charge on any atom is -0.383 e. The van der Waals surface area contributed by atoms with E-state index in [0.29, 0.717) is 19.1 Å². The number of carbonyl (C=O) groups excluding carboxylic acids is 1. The van der Waals surface area contributed by atoms with Gasteiger partial charge in [0.2, 0.25) is 0 Å². The maximum atomic E-state index is 11.9. The van der Waals surface area contributed by atoms with E-state index < -0.39 is 0 Å². The lowest BCUT2D eigenvalue weighted by Crippen LogP contribution is -2.43. The third-order valence-corrected chi connectivity index (χ3v) is 2.91. The summed E-state index contributed by atoms with van der Waals surface area (Å²) in [5.74, 6) is 0.310. The molecule has 0 aliphatic rings. The molecule has 0 radical (unpaired) electrons. The summed E-state index contributed by atoms with van der Waals surface area (Å²) in [4.78, 5) is 11.9. The molecule has 0 bridgehead atoms. The van der Waals surface area contributed by atoms with Gasteiger partial charge in [0.05, 0.1) is 12.6 Å². The number of nitrogens with one attached hydrogen (secondary N) is 2. The monoisotopic (exact) mass is 265 g/mol. The van der Waals surface area contributed by atoms with Gasteiger partial charge in [0.25, 0.3) is 0 Å². The van der Waals surface area contributed by atoms with Gasteiger partial charge in [0.1, 0.15) is 0 Å². The largest absolute Gasteiger partial charge is 0.383 e. The van der Waals surface area contributed by atoms with Crippen LogP contribution >= 0.6 is 0 Å². The fourth-order valence-corrected chi connectivity index (χ4v) is 1.64. The lowest BCUT2D eigenvalue weighted by atomic mass is 10.1. The van der Waals surface area contributed by atoms with E-state index in [1.807, 2.05) is 38.1 Å². The molecule has 0 saturated carbocycles. The van der Waals surface area contributed by atoms with Crippen molar-refractivity contribution in [3.8, 4) is 0 Å². The number of nitrogens with two attached hydrogens (primary N) is 1. The van der Waals surface area contributed by atoms with Crippen LogP contribution in [0, 0.1) is 5.92 Å². The number of urea groups is 1. The van der Waals surface area contributed by atoms with Crippen LogP contribution in [0.4, 0.5) is 10.5 Å². The molecule has 1 aromatic carbocycles. The summed E-state index contributed by atoms with van der Waals surface area (Å²) >= 11 is 0. The fourth-order valence-electron chi connectivity index (χ4n) is 1.64. The van der Waals surface area contributed by atoms with E-state index in [1.54, 1.807) is 7.11 Å². The lowest BCUT2D eigenvalue weighted by Gasteiger charge is -2.21. The molecular weight excluding hydrogens is 242 g/mol. The topological polar surface area (TPSA) is 76.4 Å². The number of methoxy groups -OCH3 is 1. The van der Waals surface area contributed by atoms with Crippen LogP contribution in [-0.4, -0.2) is 25.8 Å². The normalized spacial score (nSPS) is 12.3. The van der Waals surface area contributed by atoms with Crippen LogP contribution in [0.2, 0.25) is 0 Å². The molecule has 0 aromatic heterocycles. The molecule has 106 valence electrons. The third-order valence-electron chi connectivity index (χ3n) is 2.91. The van der Waals surface area contributed by atoms with E-state index in [1.165, 1.54) is 0 Å². The summed E-state index contributed by atoms with van der Waals surface area (Å²) in [6.45, 7) is 5.08. The van der Waals surface area contributed by atoms with Gasteiger partial charge in [-0.25, -0.2) is 4.79 Å². The fraction of sp³-hybridized carbons (Fsp3) is 0.500. The van der Waals surface area contributed by atoms with Crippen molar-refractivity contribution < 1.29 is 9.53 Å². The molecule has 0 aliphatic heterocycles. The second kappa shape index (κ2) is 7.76. The van der Waals surface area contributed by atoms with Gasteiger partial charge >= 0.3 is 6.03 Å². The second-order valence-electron chi connectivity index (χ2n) is 4.81. The predicted molar refractivity (Wildman–Crippen MR) is 77.0 cm³/mol. The molecule has 0 fully saturated rings. The Balaban J connectivity index is 2.53. The first-order valence-electron chi connectivity index (χ1n) is 6.42. The van der Waals surface area contributed by atoms with Gasteiger partial charge in [-0.1, -0.05) is 26.0 Å². The Kier molecular flexibility index (Phi) is 6.32. The second-order valence-corrected chi connectivity index (χ2v) is 4.81. The zero-order valence-electron chi connectivity index (χ0n) is 11.8. The van der Waals surface area contributed by atoms with Crippen molar-refractivity contribution >= 4 is 11.7 Å². The number of hydrogen-bond acceptors (Lipinski definition) is 3. The number of benzene rings is 1. The molecule has 1 aromatic rings. The number of rotatable bonds is 6. The molecule has 1 unspecified atom stereocenters. The number of ether oxygens (including phenoxy) is 1. The quantitative estimate of drug-likeness (QED) is 0.735. The number of anilines is 1. The predicted octanol–water partition coefficient (Wildman–Crippen LogP) is 1.94. The molecule has 5 heteroatoms. The van der Waals surface area contributed by atoms with Crippen molar-refractivity contribution in [2.45, 2.75) is 26.4 Å². The van der Waals surface area contributed by atoms with Gasteiger partial charge in [-0.15, -0.1) is 0 Å². The van der Waals surface area contributed by atoms with E-state index in [0.717, 1.165) is 11.3 Å². The zero-order chi connectivity index (χ0) is 14.3. The summed E-state index contributed by atoms with van der Waals surface area (Å²) < 4.78 is 5.09. The van der Waals surface area contributed by atoms with Gasteiger partial charge in [-0.05, 0) is 23.6 Å². The smallest absolute Gasteiger partial charge is 0.319 e. The van der Waals surface area contributed by atoms with E-state index in [2.05, 4.69) is 10.6 Å². The minimum atomic E-state index is -0.226. The van der Waals surface area contributed by atoms with Crippen molar-refractivity contribution in [2.24, 2.45) is 11.7 Å². The van der Waals surface area contributed by atoms with Crippen LogP contribution in [0.3, 0.4) is 0 Å². The molecule has 1 rings (SSSR count). The van der Waals surface area contributed by atoms with E-state index in [9.17, 15) is 4.79 Å². The summed E-state index contributed by atoms with van der Waals surface area (Å²) in [5, 5.41) is 5.69. The Morgan fingerprint density at radius 1 is 1.32 bits per heavy atom. The molecule has 1 atom stereocenters. The third kappa shape index (κ3) is 5.28. The molecule has 4 N–H and O–H groups in total. The maximum Gasteiger partial charge on any atom is 0.319 e. The van der Waals surface area contributed by atoms with E-state index in [-0.39, 0.29) is 12.1 Å². The van der Waals surface area contributed by atoms with Crippen molar-refractivity contribution in [3.63, 3.8) is 0 Å². The molecule has 19 heavy (non-hydrogen) atoms. The van der Waals surface area contributed by atoms with Gasteiger partial charge in [-0.2, -0.15) is 0 Å². The average molecular weight is 265 g/mol. The highest BCUT2D eigenvalue weighted by Gasteiger charge is 2.15. The van der Waals surface area contributed by atoms with Gasteiger partial charge in [-0.3, -0.25) is 0 Å². The molecule has 0 heterocycles. The first kappa shape index (κ1) is 15.5. The van der Waals surface area contributed by atoms with Gasteiger partial charge < -0.3 is 21.1 Å². The van der Waals surface area contributed by atoms with Crippen LogP contribution in [0.5, 0.6) is 0 Å². The van der Waals surface area contributed by atoms with Crippen LogP contribution < -0.4 is 16.4 Å². The first-order valence-corrected chi connectivity index (χ1v) is 6.42. The molecule has 0 spiro atoms. The summed E-state index contributed by atoms with van der Waals surface area (Å²) in [6.07, 6.45) is 0.